The third kappa shape index (κ3) is 3.26. The van der Waals surface area contributed by atoms with Crippen molar-refractivity contribution in [2.45, 2.75) is 13.8 Å². The van der Waals surface area contributed by atoms with Crippen LogP contribution in [0, 0.1) is 12.7 Å². The number of thiazole rings is 1. The zero-order valence-electron chi connectivity index (χ0n) is 10.9. The molecule has 0 bridgehead atoms. The monoisotopic (exact) mass is 314 g/mol. The summed E-state index contributed by atoms with van der Waals surface area (Å²) < 4.78 is 18.0. The highest BCUT2D eigenvalue weighted by atomic mass is 35.5. The summed E-state index contributed by atoms with van der Waals surface area (Å²) in [5, 5.41) is 3.52. The zero-order valence-corrected chi connectivity index (χ0v) is 12.4. The largest absolute Gasteiger partial charge is 0.461 e. The van der Waals surface area contributed by atoms with Gasteiger partial charge in [-0.05, 0) is 32.0 Å². The van der Waals surface area contributed by atoms with Gasteiger partial charge < -0.3 is 10.1 Å². The van der Waals surface area contributed by atoms with E-state index in [2.05, 4.69) is 10.3 Å². The van der Waals surface area contributed by atoms with Gasteiger partial charge in [0.25, 0.3) is 0 Å². The lowest BCUT2D eigenvalue weighted by Gasteiger charge is -2.03. The van der Waals surface area contributed by atoms with Crippen LogP contribution in [-0.4, -0.2) is 17.6 Å². The van der Waals surface area contributed by atoms with Crippen LogP contribution < -0.4 is 5.32 Å². The number of esters is 1. The standard InChI is InChI=1S/C13H12ClFN2O2S/c1-3-19-12(18)11-7(2)20-13(17-11)16-8-4-5-10(15)9(14)6-8/h4-6H,3H2,1-2H3,(H,16,17). The molecule has 0 spiro atoms. The summed E-state index contributed by atoms with van der Waals surface area (Å²) in [5.41, 5.74) is 0.883. The molecule has 106 valence electrons. The molecule has 1 aromatic heterocycles. The second-order valence-electron chi connectivity index (χ2n) is 3.90. The van der Waals surface area contributed by atoms with Crippen molar-refractivity contribution in [2.75, 3.05) is 11.9 Å². The van der Waals surface area contributed by atoms with E-state index in [1.165, 1.54) is 23.5 Å². The van der Waals surface area contributed by atoms with Crippen LogP contribution in [0.3, 0.4) is 0 Å². The summed E-state index contributed by atoms with van der Waals surface area (Å²) >= 11 is 7.02. The van der Waals surface area contributed by atoms with Crippen LogP contribution in [0.1, 0.15) is 22.3 Å². The predicted octanol–water partition coefficient (Wildman–Crippen LogP) is 4.16. The first kappa shape index (κ1) is 14.7. The lowest BCUT2D eigenvalue weighted by molar-refractivity contribution is 0.0519. The fraction of sp³-hybridized carbons (Fsp3) is 0.231. The molecular weight excluding hydrogens is 303 g/mol. The number of anilines is 2. The molecule has 20 heavy (non-hydrogen) atoms. The van der Waals surface area contributed by atoms with Gasteiger partial charge in [0, 0.05) is 10.6 Å². The molecule has 0 aliphatic rings. The van der Waals surface area contributed by atoms with Crippen LogP contribution in [0.25, 0.3) is 0 Å². The van der Waals surface area contributed by atoms with Gasteiger partial charge in [-0.3, -0.25) is 0 Å². The first-order chi connectivity index (χ1) is 9.51. The van der Waals surface area contributed by atoms with Crippen LogP contribution in [0.15, 0.2) is 18.2 Å². The molecule has 0 unspecified atom stereocenters. The Morgan fingerprint density at radius 3 is 2.95 bits per heavy atom. The minimum Gasteiger partial charge on any atom is -0.461 e. The van der Waals surface area contributed by atoms with Gasteiger partial charge in [-0.25, -0.2) is 14.2 Å². The van der Waals surface area contributed by atoms with Crippen molar-refractivity contribution >= 4 is 39.7 Å². The quantitative estimate of drug-likeness (QED) is 0.861. The summed E-state index contributed by atoms with van der Waals surface area (Å²) in [5.74, 6) is -0.939. The van der Waals surface area contributed by atoms with Crippen LogP contribution in [0.5, 0.6) is 0 Å². The summed E-state index contributed by atoms with van der Waals surface area (Å²) in [6, 6.07) is 4.26. The van der Waals surface area contributed by atoms with E-state index >= 15 is 0 Å². The molecule has 0 atom stereocenters. The lowest BCUT2D eigenvalue weighted by atomic mass is 10.3. The maximum absolute atomic E-state index is 13.1. The number of halogens is 2. The van der Waals surface area contributed by atoms with Crippen LogP contribution in [0.2, 0.25) is 5.02 Å². The Kier molecular flexibility index (Phi) is 4.57. The Hall–Kier alpha value is -1.66. The van der Waals surface area contributed by atoms with Crippen LogP contribution in [0.4, 0.5) is 15.2 Å². The SMILES string of the molecule is CCOC(=O)c1nc(Nc2ccc(F)c(Cl)c2)sc1C. The maximum Gasteiger partial charge on any atom is 0.358 e. The Labute approximate surface area is 124 Å². The molecule has 0 fully saturated rings. The van der Waals surface area contributed by atoms with E-state index in [0.29, 0.717) is 17.4 Å². The number of rotatable bonds is 4. The summed E-state index contributed by atoms with van der Waals surface area (Å²) in [6.07, 6.45) is 0. The highest BCUT2D eigenvalue weighted by Crippen LogP contribution is 2.27. The van der Waals surface area contributed by atoms with E-state index in [-0.39, 0.29) is 10.7 Å². The Balaban J connectivity index is 2.20. The summed E-state index contributed by atoms with van der Waals surface area (Å²) in [4.78, 5) is 16.6. The van der Waals surface area contributed by atoms with Crippen molar-refractivity contribution in [3.63, 3.8) is 0 Å². The molecule has 1 heterocycles. The Morgan fingerprint density at radius 1 is 1.55 bits per heavy atom. The number of carbonyl (C=O) groups excluding carboxylic acids is 1. The minimum absolute atomic E-state index is 0.0221. The highest BCUT2D eigenvalue weighted by Gasteiger charge is 2.16. The van der Waals surface area contributed by atoms with Gasteiger partial charge in [0.05, 0.1) is 11.6 Å². The fourth-order valence-corrected chi connectivity index (χ4v) is 2.54. The fourth-order valence-electron chi connectivity index (χ4n) is 1.54. The molecule has 2 rings (SSSR count). The molecule has 0 saturated carbocycles. The van der Waals surface area contributed by atoms with Crippen LogP contribution in [-0.2, 0) is 4.74 Å². The van der Waals surface area contributed by atoms with E-state index < -0.39 is 11.8 Å². The number of benzene rings is 1. The summed E-state index contributed by atoms with van der Waals surface area (Å²) in [6.45, 7) is 3.82. The Bertz CT molecular complexity index is 645. The molecule has 0 saturated heterocycles. The minimum atomic E-state index is -0.486. The van der Waals surface area contributed by atoms with Crippen molar-refractivity contribution in [2.24, 2.45) is 0 Å². The number of carbonyl (C=O) groups is 1. The van der Waals surface area contributed by atoms with E-state index in [1.807, 2.05) is 0 Å². The van der Waals surface area contributed by atoms with Crippen molar-refractivity contribution in [3.8, 4) is 0 Å². The van der Waals surface area contributed by atoms with Gasteiger partial charge >= 0.3 is 5.97 Å². The molecule has 7 heteroatoms. The first-order valence-electron chi connectivity index (χ1n) is 5.88. The topological polar surface area (TPSA) is 51.2 Å². The number of hydrogen-bond donors (Lipinski definition) is 1. The number of nitrogens with one attached hydrogen (secondary N) is 1. The second-order valence-corrected chi connectivity index (χ2v) is 5.51. The average Bonchev–Trinajstić information content (AvgIpc) is 2.75. The van der Waals surface area contributed by atoms with Crippen molar-refractivity contribution in [3.05, 3.63) is 39.6 Å². The van der Waals surface area contributed by atoms with Crippen molar-refractivity contribution in [1.82, 2.24) is 4.98 Å². The van der Waals surface area contributed by atoms with E-state index in [9.17, 15) is 9.18 Å². The lowest BCUT2D eigenvalue weighted by Crippen LogP contribution is -2.06. The van der Waals surface area contributed by atoms with E-state index in [4.69, 9.17) is 16.3 Å². The molecule has 4 nitrogen and oxygen atoms in total. The average molecular weight is 315 g/mol. The number of hydrogen-bond acceptors (Lipinski definition) is 5. The number of nitrogens with zero attached hydrogens (tertiary/aromatic N) is 1. The van der Waals surface area contributed by atoms with E-state index in [0.717, 1.165) is 4.88 Å². The molecule has 0 amide bonds. The molecule has 1 N–H and O–H groups in total. The van der Waals surface area contributed by atoms with E-state index in [1.54, 1.807) is 19.9 Å². The van der Waals surface area contributed by atoms with Gasteiger partial charge in [-0.2, -0.15) is 0 Å². The molecule has 0 aliphatic carbocycles. The molecular formula is C13H12ClFN2O2S. The van der Waals surface area contributed by atoms with Gasteiger partial charge in [-0.1, -0.05) is 11.6 Å². The molecule has 0 radical (unpaired) electrons. The molecule has 2 aromatic rings. The number of ether oxygens (including phenoxy) is 1. The van der Waals surface area contributed by atoms with Gasteiger partial charge in [0.15, 0.2) is 10.8 Å². The third-order valence-corrected chi connectivity index (χ3v) is 3.61. The number of aryl methyl sites for hydroxylation is 1. The maximum atomic E-state index is 13.1. The van der Waals surface area contributed by atoms with Gasteiger partial charge in [-0.15, -0.1) is 11.3 Å². The first-order valence-corrected chi connectivity index (χ1v) is 7.07. The van der Waals surface area contributed by atoms with Gasteiger partial charge in [0.1, 0.15) is 5.82 Å². The Morgan fingerprint density at radius 2 is 2.30 bits per heavy atom. The molecule has 0 aliphatic heterocycles. The smallest absolute Gasteiger partial charge is 0.358 e. The second kappa shape index (κ2) is 6.19. The van der Waals surface area contributed by atoms with Crippen molar-refractivity contribution < 1.29 is 13.9 Å². The van der Waals surface area contributed by atoms with Gasteiger partial charge in [0.2, 0.25) is 0 Å². The summed E-state index contributed by atoms with van der Waals surface area (Å²) in [7, 11) is 0. The predicted molar refractivity (Wildman–Crippen MR) is 77.5 cm³/mol. The van der Waals surface area contributed by atoms with Crippen LogP contribution >= 0.6 is 22.9 Å². The third-order valence-electron chi connectivity index (χ3n) is 2.44. The highest BCUT2D eigenvalue weighted by molar-refractivity contribution is 7.15. The van der Waals surface area contributed by atoms with Crippen molar-refractivity contribution in [1.29, 1.82) is 0 Å². The normalized spacial score (nSPS) is 10.4. The molecule has 1 aromatic carbocycles. The number of aromatic nitrogens is 1. The zero-order chi connectivity index (χ0) is 14.7.